The summed E-state index contributed by atoms with van der Waals surface area (Å²) in [5.41, 5.74) is 25.3. The molecule has 4 aliphatic carbocycles. The molecule has 10 aromatic rings. The van der Waals surface area contributed by atoms with Crippen LogP contribution in [0, 0.1) is 0 Å². The van der Waals surface area contributed by atoms with Crippen LogP contribution in [0.25, 0.3) is 49.6 Å². The Morgan fingerprint density at radius 1 is 0.487 bits per heavy atom. The first-order valence-corrected chi connectivity index (χ1v) is 27.7. The van der Waals surface area contributed by atoms with Crippen LogP contribution >= 0.6 is 0 Å². The van der Waals surface area contributed by atoms with Crippen LogP contribution in [0.3, 0.4) is 0 Å². The summed E-state index contributed by atoms with van der Waals surface area (Å²) in [5, 5.41) is 7.30. The van der Waals surface area contributed by atoms with E-state index in [0.29, 0.717) is 0 Å². The van der Waals surface area contributed by atoms with Crippen LogP contribution < -0.4 is 10.2 Å². The SMILES string of the molecule is CC(C)(C)c1ccc(N/C=C/C2=C(c3oc4ccccc4c3-c3ccc4c(c3)CCC4)c3c(cc(N(c4ccc(C(C)(C)C)cc4)c4ccc5c(c4)CCC5)c4ccccc34)C23c2ccccc2-c2ccccc23)cc1. The van der Waals surface area contributed by atoms with Gasteiger partial charge in [-0.05, 0) is 187 Å². The summed E-state index contributed by atoms with van der Waals surface area (Å²) in [5.74, 6) is 0.902. The van der Waals surface area contributed by atoms with E-state index in [9.17, 15) is 0 Å². The van der Waals surface area contributed by atoms with E-state index in [4.69, 9.17) is 4.42 Å². The molecule has 76 heavy (non-hydrogen) atoms. The number of benzene rings is 9. The highest BCUT2D eigenvalue weighted by molar-refractivity contribution is 6.15. The van der Waals surface area contributed by atoms with Crippen molar-refractivity contribution in [2.45, 2.75) is 96.3 Å². The second-order valence-corrected chi connectivity index (χ2v) is 23.9. The smallest absolute Gasteiger partial charge is 0.144 e. The van der Waals surface area contributed by atoms with E-state index in [-0.39, 0.29) is 10.8 Å². The number of fused-ring (bicyclic) bond motifs is 12. The third-order valence-corrected chi connectivity index (χ3v) is 17.3. The summed E-state index contributed by atoms with van der Waals surface area (Å²) in [7, 11) is 0. The Hall–Kier alpha value is -8.14. The third kappa shape index (κ3) is 7.22. The van der Waals surface area contributed by atoms with Gasteiger partial charge in [0, 0.05) is 45.2 Å². The van der Waals surface area contributed by atoms with Crippen molar-refractivity contribution in [2.75, 3.05) is 10.2 Å². The lowest BCUT2D eigenvalue weighted by Gasteiger charge is -2.34. The zero-order valence-corrected chi connectivity index (χ0v) is 44.7. The molecule has 1 aromatic heterocycles. The molecule has 372 valence electrons. The van der Waals surface area contributed by atoms with Crippen LogP contribution in [0.4, 0.5) is 22.7 Å². The van der Waals surface area contributed by atoms with Gasteiger partial charge in [-0.3, -0.25) is 0 Å². The molecule has 1 N–H and O–H groups in total. The highest BCUT2D eigenvalue weighted by Crippen LogP contribution is 2.66. The normalized spacial score (nSPS) is 15.2. The highest BCUT2D eigenvalue weighted by atomic mass is 16.3. The number of para-hydroxylation sites is 1. The maximum absolute atomic E-state index is 7.56. The highest BCUT2D eigenvalue weighted by Gasteiger charge is 2.54. The fourth-order valence-corrected chi connectivity index (χ4v) is 13.6. The van der Waals surface area contributed by atoms with E-state index in [0.717, 1.165) is 70.6 Å². The first-order chi connectivity index (χ1) is 36.9. The minimum absolute atomic E-state index is 0.0128. The van der Waals surface area contributed by atoms with Gasteiger partial charge in [0.25, 0.3) is 0 Å². The molecule has 9 aromatic carbocycles. The number of nitrogens with one attached hydrogen (secondary N) is 1. The number of rotatable bonds is 8. The van der Waals surface area contributed by atoms with Crippen LogP contribution in [0.5, 0.6) is 0 Å². The standard InChI is InChI=1S/C73H64N2O/c1-71(2,3)51-32-36-53(37-33-51)74-42-41-63-69(70-67(60-25-11-14-28-66(60)76-70)50-30-29-46-17-15-19-48(46)43-50)68-59-24-8-7-23-58(59)65(45-64(68)73(63)61-26-12-9-21-56(61)57-22-10-13-27-62(57)73)75(54-39-34-52(35-40-54)72(4,5)6)55-38-31-47-18-16-20-49(47)44-55/h7-14,21-45,74H,15-20H2,1-6H3/b42-41+. The van der Waals surface area contributed by atoms with Crippen molar-refractivity contribution in [3.05, 3.63) is 267 Å². The van der Waals surface area contributed by atoms with Gasteiger partial charge < -0.3 is 14.6 Å². The zero-order valence-electron chi connectivity index (χ0n) is 44.7. The lowest BCUT2D eigenvalue weighted by molar-refractivity contribution is 0.590. The number of hydrogen-bond donors (Lipinski definition) is 1. The van der Waals surface area contributed by atoms with Crippen molar-refractivity contribution in [3.63, 3.8) is 0 Å². The lowest BCUT2D eigenvalue weighted by Crippen LogP contribution is -2.27. The molecule has 1 spiro atoms. The molecule has 0 atom stereocenters. The molecule has 0 amide bonds. The molecule has 0 saturated heterocycles. The largest absolute Gasteiger partial charge is 0.455 e. The third-order valence-electron chi connectivity index (χ3n) is 17.3. The van der Waals surface area contributed by atoms with Crippen LogP contribution in [0.2, 0.25) is 0 Å². The second-order valence-electron chi connectivity index (χ2n) is 23.9. The maximum atomic E-state index is 7.56. The summed E-state index contributed by atoms with van der Waals surface area (Å²) >= 11 is 0. The lowest BCUT2D eigenvalue weighted by atomic mass is 9.69. The Morgan fingerprint density at radius 3 is 1.71 bits per heavy atom. The van der Waals surface area contributed by atoms with Gasteiger partial charge in [0.2, 0.25) is 0 Å². The van der Waals surface area contributed by atoms with E-state index in [2.05, 4.69) is 252 Å². The number of allylic oxidation sites excluding steroid dienone is 2. The number of furan rings is 1. The van der Waals surface area contributed by atoms with E-state index in [1.165, 1.54) is 107 Å². The number of hydrogen-bond acceptors (Lipinski definition) is 3. The minimum Gasteiger partial charge on any atom is -0.455 e. The molecule has 14 rings (SSSR count). The topological polar surface area (TPSA) is 28.4 Å². The fraction of sp³-hybridized carbons (Fsp3) is 0.205. The monoisotopic (exact) mass is 985 g/mol. The Balaban J connectivity index is 1.11. The molecular formula is C73H64N2O. The average molecular weight is 985 g/mol. The number of aryl methyl sites for hydroxylation is 4. The van der Waals surface area contributed by atoms with Gasteiger partial charge in [0.15, 0.2) is 0 Å². The first-order valence-electron chi connectivity index (χ1n) is 27.7. The van der Waals surface area contributed by atoms with Crippen molar-refractivity contribution < 1.29 is 4.42 Å². The van der Waals surface area contributed by atoms with Crippen LogP contribution in [-0.2, 0) is 41.9 Å². The van der Waals surface area contributed by atoms with Gasteiger partial charge in [0.1, 0.15) is 11.3 Å². The van der Waals surface area contributed by atoms with Crippen LogP contribution in [-0.4, -0.2) is 0 Å². The quantitative estimate of drug-likeness (QED) is 0.164. The Morgan fingerprint density at radius 2 is 1.04 bits per heavy atom. The summed E-state index contributed by atoms with van der Waals surface area (Å²) in [4.78, 5) is 2.56. The van der Waals surface area contributed by atoms with E-state index >= 15 is 0 Å². The van der Waals surface area contributed by atoms with Gasteiger partial charge >= 0.3 is 0 Å². The average Bonchev–Trinajstić information content (AvgIpc) is 4.28. The van der Waals surface area contributed by atoms with E-state index in [1.54, 1.807) is 0 Å². The van der Waals surface area contributed by atoms with Crippen molar-refractivity contribution in [1.29, 1.82) is 0 Å². The fourth-order valence-electron chi connectivity index (χ4n) is 13.6. The molecule has 1 heterocycles. The van der Waals surface area contributed by atoms with Crippen molar-refractivity contribution in [3.8, 4) is 22.3 Å². The van der Waals surface area contributed by atoms with Crippen LogP contribution in [0.1, 0.15) is 116 Å². The van der Waals surface area contributed by atoms with Gasteiger partial charge in [-0.2, -0.15) is 0 Å². The van der Waals surface area contributed by atoms with Gasteiger partial charge in [-0.15, -0.1) is 0 Å². The molecule has 0 unspecified atom stereocenters. The summed E-state index contributed by atoms with van der Waals surface area (Å²) < 4.78 is 7.56. The summed E-state index contributed by atoms with van der Waals surface area (Å²) in [6, 6.07) is 71.6. The minimum atomic E-state index is -0.751. The van der Waals surface area contributed by atoms with Crippen molar-refractivity contribution in [2.24, 2.45) is 0 Å². The summed E-state index contributed by atoms with van der Waals surface area (Å²) in [6.07, 6.45) is 11.4. The van der Waals surface area contributed by atoms with E-state index < -0.39 is 5.41 Å². The number of anilines is 4. The van der Waals surface area contributed by atoms with Gasteiger partial charge in [-0.1, -0.05) is 181 Å². The molecule has 0 radical (unpaired) electrons. The predicted octanol–water partition coefficient (Wildman–Crippen LogP) is 19.1. The molecule has 0 aliphatic heterocycles. The number of nitrogens with zero attached hydrogens (tertiary/aromatic N) is 1. The van der Waals surface area contributed by atoms with E-state index in [1.807, 2.05) is 0 Å². The molecule has 3 heteroatoms. The zero-order chi connectivity index (χ0) is 51.5. The Bertz CT molecular complexity index is 3990. The van der Waals surface area contributed by atoms with Gasteiger partial charge in [0.05, 0.1) is 11.1 Å². The van der Waals surface area contributed by atoms with Gasteiger partial charge in [-0.25, -0.2) is 0 Å². The molecule has 4 aliphatic rings. The molecule has 0 fully saturated rings. The Kier molecular flexibility index (Phi) is 10.7. The molecule has 0 saturated carbocycles. The first kappa shape index (κ1) is 46.4. The Labute approximate surface area is 448 Å². The second kappa shape index (κ2) is 17.5. The maximum Gasteiger partial charge on any atom is 0.144 e. The summed E-state index contributed by atoms with van der Waals surface area (Å²) in [6.45, 7) is 13.7. The van der Waals surface area contributed by atoms with Crippen LogP contribution in [0.15, 0.2) is 210 Å². The molecular weight excluding hydrogens is 921 g/mol. The molecule has 0 bridgehead atoms. The molecule has 3 nitrogen and oxygen atoms in total. The predicted molar refractivity (Wildman–Crippen MR) is 319 cm³/mol. The van der Waals surface area contributed by atoms with Crippen molar-refractivity contribution >= 4 is 50.1 Å². The van der Waals surface area contributed by atoms with Crippen molar-refractivity contribution in [1.82, 2.24) is 0 Å².